The summed E-state index contributed by atoms with van der Waals surface area (Å²) in [4.78, 5) is 11.8. The molecule has 4 unspecified atom stereocenters. The van der Waals surface area contributed by atoms with E-state index < -0.39 is 5.60 Å². The highest BCUT2D eigenvalue weighted by Crippen LogP contribution is 2.62. The number of carbonyl (C=O) groups excluding carboxylic acids is 1. The van der Waals surface area contributed by atoms with Gasteiger partial charge in [0.05, 0.1) is 0 Å². The standard InChI is InChI=1S/C17H32N2O2/c1-16(2,3)21-15(20)19-10-11(9-18)13-7-6-12-8-14(13)17(12,4)5/h11-14H,6-10,18H2,1-5H3,(H,19,20). The Balaban J connectivity index is 1.87. The van der Waals surface area contributed by atoms with Gasteiger partial charge in [-0.1, -0.05) is 13.8 Å². The zero-order valence-corrected chi connectivity index (χ0v) is 14.2. The molecule has 0 aliphatic heterocycles. The van der Waals surface area contributed by atoms with Crippen molar-refractivity contribution in [1.29, 1.82) is 0 Å². The molecule has 0 heterocycles. The zero-order chi connectivity index (χ0) is 15.8. The summed E-state index contributed by atoms with van der Waals surface area (Å²) in [5.41, 5.74) is 6.01. The van der Waals surface area contributed by atoms with E-state index in [1.807, 2.05) is 20.8 Å². The van der Waals surface area contributed by atoms with Crippen LogP contribution in [0.2, 0.25) is 0 Å². The number of hydrogen-bond donors (Lipinski definition) is 2. The lowest BCUT2D eigenvalue weighted by Crippen LogP contribution is -2.56. The monoisotopic (exact) mass is 296 g/mol. The Kier molecular flexibility index (Phi) is 4.57. The second-order valence-electron chi connectivity index (χ2n) is 8.48. The molecule has 3 aliphatic carbocycles. The number of carbonyl (C=O) groups is 1. The third-order valence-electron chi connectivity index (χ3n) is 5.73. The minimum Gasteiger partial charge on any atom is -0.444 e. The second-order valence-corrected chi connectivity index (χ2v) is 8.48. The molecule has 0 saturated heterocycles. The average Bonchev–Trinajstić information content (AvgIpc) is 2.37. The predicted octanol–water partition coefficient (Wildman–Crippen LogP) is 3.16. The fourth-order valence-corrected chi connectivity index (χ4v) is 4.37. The van der Waals surface area contributed by atoms with Gasteiger partial charge in [0.25, 0.3) is 0 Å². The van der Waals surface area contributed by atoms with E-state index in [1.54, 1.807) is 0 Å². The van der Waals surface area contributed by atoms with E-state index in [9.17, 15) is 4.79 Å². The van der Waals surface area contributed by atoms with Crippen LogP contribution >= 0.6 is 0 Å². The molecule has 3 fully saturated rings. The van der Waals surface area contributed by atoms with Crippen LogP contribution in [-0.4, -0.2) is 24.8 Å². The molecule has 4 nitrogen and oxygen atoms in total. The van der Waals surface area contributed by atoms with E-state index in [4.69, 9.17) is 10.5 Å². The van der Waals surface area contributed by atoms with Gasteiger partial charge >= 0.3 is 6.09 Å². The van der Waals surface area contributed by atoms with E-state index in [0.29, 0.717) is 30.3 Å². The van der Waals surface area contributed by atoms with Gasteiger partial charge in [0, 0.05) is 6.54 Å². The molecule has 0 spiro atoms. The van der Waals surface area contributed by atoms with Crippen molar-refractivity contribution < 1.29 is 9.53 Å². The first kappa shape index (κ1) is 16.6. The largest absolute Gasteiger partial charge is 0.444 e. The third-order valence-corrected chi connectivity index (χ3v) is 5.73. The summed E-state index contributed by atoms with van der Waals surface area (Å²) in [6.07, 6.45) is 3.59. The summed E-state index contributed by atoms with van der Waals surface area (Å²) in [5.74, 6) is 2.68. The fourth-order valence-electron chi connectivity index (χ4n) is 4.37. The molecule has 21 heavy (non-hydrogen) atoms. The normalized spacial score (nSPS) is 32.0. The maximum Gasteiger partial charge on any atom is 0.407 e. The highest BCUT2D eigenvalue weighted by Gasteiger charge is 2.55. The number of ether oxygens (including phenoxy) is 1. The van der Waals surface area contributed by atoms with Crippen molar-refractivity contribution in [3.05, 3.63) is 0 Å². The molecule has 0 radical (unpaired) electrons. The van der Waals surface area contributed by atoms with Gasteiger partial charge in [0.15, 0.2) is 0 Å². The summed E-state index contributed by atoms with van der Waals surface area (Å²) in [6, 6.07) is 0. The smallest absolute Gasteiger partial charge is 0.407 e. The molecule has 3 aliphatic rings. The summed E-state index contributed by atoms with van der Waals surface area (Å²) < 4.78 is 5.31. The van der Waals surface area contributed by atoms with E-state index >= 15 is 0 Å². The number of nitrogens with two attached hydrogens (primary N) is 1. The second kappa shape index (κ2) is 5.79. The van der Waals surface area contributed by atoms with Gasteiger partial charge in [-0.25, -0.2) is 4.79 Å². The number of rotatable bonds is 4. The predicted molar refractivity (Wildman–Crippen MR) is 84.9 cm³/mol. The molecular weight excluding hydrogens is 264 g/mol. The van der Waals surface area contributed by atoms with Crippen LogP contribution in [0.4, 0.5) is 4.79 Å². The summed E-state index contributed by atoms with van der Waals surface area (Å²) >= 11 is 0. The molecular formula is C17H32N2O2. The van der Waals surface area contributed by atoms with E-state index in [2.05, 4.69) is 19.2 Å². The maximum atomic E-state index is 11.8. The van der Waals surface area contributed by atoms with Crippen molar-refractivity contribution in [2.45, 2.75) is 59.5 Å². The highest BCUT2D eigenvalue weighted by atomic mass is 16.6. The van der Waals surface area contributed by atoms with Crippen LogP contribution in [-0.2, 0) is 4.74 Å². The molecule has 0 aromatic rings. The van der Waals surface area contributed by atoms with Gasteiger partial charge in [-0.05, 0) is 75.7 Å². The van der Waals surface area contributed by atoms with Crippen LogP contribution in [0.3, 0.4) is 0 Å². The average molecular weight is 296 g/mol. The van der Waals surface area contributed by atoms with Gasteiger partial charge in [-0.15, -0.1) is 0 Å². The summed E-state index contributed by atoms with van der Waals surface area (Å²) in [7, 11) is 0. The number of hydrogen-bond acceptors (Lipinski definition) is 3. The minimum atomic E-state index is -0.448. The topological polar surface area (TPSA) is 64.3 Å². The number of alkyl carbamates (subject to hydrolysis) is 1. The first-order valence-electron chi connectivity index (χ1n) is 8.32. The molecule has 3 N–H and O–H groups in total. The molecule has 0 aromatic heterocycles. The molecule has 1 amide bonds. The Labute approximate surface area is 129 Å². The van der Waals surface area contributed by atoms with Crippen molar-refractivity contribution >= 4 is 6.09 Å². The van der Waals surface area contributed by atoms with Crippen molar-refractivity contribution in [2.75, 3.05) is 13.1 Å². The van der Waals surface area contributed by atoms with Gasteiger partial charge in [-0.2, -0.15) is 0 Å². The Bertz CT molecular complexity index is 385. The lowest BCUT2D eigenvalue weighted by molar-refractivity contribution is -0.119. The van der Waals surface area contributed by atoms with Crippen molar-refractivity contribution in [1.82, 2.24) is 5.32 Å². The molecule has 3 rings (SSSR count). The van der Waals surface area contributed by atoms with Crippen molar-refractivity contribution in [3.8, 4) is 0 Å². The zero-order valence-electron chi connectivity index (χ0n) is 14.2. The van der Waals surface area contributed by atoms with Crippen LogP contribution < -0.4 is 11.1 Å². The van der Waals surface area contributed by atoms with Crippen LogP contribution in [0.5, 0.6) is 0 Å². The van der Waals surface area contributed by atoms with Gasteiger partial charge in [0.2, 0.25) is 0 Å². The molecule has 4 heteroatoms. The third kappa shape index (κ3) is 3.53. The Morgan fingerprint density at radius 3 is 2.52 bits per heavy atom. The van der Waals surface area contributed by atoms with Crippen molar-refractivity contribution in [2.24, 2.45) is 34.8 Å². The number of amides is 1. The SMILES string of the molecule is CC(C)(C)OC(=O)NCC(CN)C1CCC2CC1C2(C)C. The van der Waals surface area contributed by atoms with Crippen LogP contribution in [0.25, 0.3) is 0 Å². The van der Waals surface area contributed by atoms with Gasteiger partial charge in [0.1, 0.15) is 5.60 Å². The Morgan fingerprint density at radius 1 is 1.38 bits per heavy atom. The lowest BCUT2D eigenvalue weighted by Gasteiger charge is -2.61. The van der Waals surface area contributed by atoms with E-state index in [1.165, 1.54) is 19.3 Å². The Morgan fingerprint density at radius 2 is 2.05 bits per heavy atom. The van der Waals surface area contributed by atoms with E-state index in [0.717, 1.165) is 11.8 Å². The van der Waals surface area contributed by atoms with Crippen LogP contribution in [0.15, 0.2) is 0 Å². The number of fused-ring (bicyclic) bond motifs is 2. The fraction of sp³-hybridized carbons (Fsp3) is 0.941. The lowest BCUT2D eigenvalue weighted by atomic mass is 9.44. The summed E-state index contributed by atoms with van der Waals surface area (Å²) in [5, 5.41) is 2.91. The maximum absolute atomic E-state index is 11.8. The van der Waals surface area contributed by atoms with Crippen LogP contribution in [0, 0.1) is 29.1 Å². The summed E-state index contributed by atoms with van der Waals surface area (Å²) in [6.45, 7) is 11.7. The van der Waals surface area contributed by atoms with E-state index in [-0.39, 0.29) is 6.09 Å². The first-order chi connectivity index (χ1) is 9.65. The quantitative estimate of drug-likeness (QED) is 0.837. The molecule has 2 bridgehead atoms. The number of nitrogens with one attached hydrogen (secondary N) is 1. The minimum absolute atomic E-state index is 0.331. The molecule has 0 aromatic carbocycles. The molecule has 3 saturated carbocycles. The molecule has 122 valence electrons. The first-order valence-corrected chi connectivity index (χ1v) is 8.32. The molecule has 4 atom stereocenters. The Hall–Kier alpha value is -0.770. The highest BCUT2D eigenvalue weighted by molar-refractivity contribution is 5.67. The van der Waals surface area contributed by atoms with Crippen LogP contribution in [0.1, 0.15) is 53.9 Å². The van der Waals surface area contributed by atoms with Crippen molar-refractivity contribution in [3.63, 3.8) is 0 Å². The van der Waals surface area contributed by atoms with Gasteiger partial charge < -0.3 is 15.8 Å². The van der Waals surface area contributed by atoms with Gasteiger partial charge in [-0.3, -0.25) is 0 Å².